The Morgan fingerprint density at radius 3 is 2.74 bits per heavy atom. The van der Waals surface area contributed by atoms with E-state index in [0.717, 1.165) is 11.3 Å². The highest BCUT2D eigenvalue weighted by atomic mass is 35.5. The van der Waals surface area contributed by atoms with E-state index >= 15 is 0 Å². The molecule has 4 nitrogen and oxygen atoms in total. The predicted octanol–water partition coefficient (Wildman–Crippen LogP) is 2.70. The van der Waals surface area contributed by atoms with Gasteiger partial charge in [0, 0.05) is 11.4 Å². The van der Waals surface area contributed by atoms with Gasteiger partial charge >= 0.3 is 0 Å². The fourth-order valence-corrected chi connectivity index (χ4v) is 2.93. The fraction of sp³-hybridized carbons (Fsp3) is 0.385. The molecule has 1 saturated carbocycles. The van der Waals surface area contributed by atoms with Crippen LogP contribution in [0.2, 0.25) is 0 Å². The fourth-order valence-electron chi connectivity index (χ4n) is 2.22. The number of alkyl halides is 2. The molecule has 2 N–H and O–H groups in total. The van der Waals surface area contributed by atoms with Crippen molar-refractivity contribution >= 4 is 46.4 Å². The van der Waals surface area contributed by atoms with E-state index in [0.29, 0.717) is 18.5 Å². The molecular formula is C13H12Cl2N2O2. The Hall–Kier alpha value is -1.26. The second-order valence-electron chi connectivity index (χ2n) is 5.26. The minimum atomic E-state index is -0.981. The second kappa shape index (κ2) is 3.87. The maximum Gasteiger partial charge on any atom is 0.233 e. The normalized spacial score (nSPS) is 26.6. The SMILES string of the molecule is CC1(C(=O)Nc2ccc3c(c2)CC(=O)N3)CC1(Cl)Cl. The molecule has 0 saturated heterocycles. The summed E-state index contributed by atoms with van der Waals surface area (Å²) in [4.78, 5) is 23.4. The zero-order valence-electron chi connectivity index (χ0n) is 10.2. The third-order valence-electron chi connectivity index (χ3n) is 3.75. The van der Waals surface area contributed by atoms with Gasteiger partial charge in [0.05, 0.1) is 11.8 Å². The molecule has 0 radical (unpaired) electrons. The number of carbonyl (C=O) groups excluding carboxylic acids is 2. The maximum atomic E-state index is 12.1. The van der Waals surface area contributed by atoms with Crippen molar-refractivity contribution in [2.75, 3.05) is 10.6 Å². The number of hydrogen-bond donors (Lipinski definition) is 2. The highest BCUT2D eigenvalue weighted by molar-refractivity contribution is 6.53. The van der Waals surface area contributed by atoms with Gasteiger partial charge in [-0.05, 0) is 37.1 Å². The third kappa shape index (κ3) is 1.99. The van der Waals surface area contributed by atoms with Crippen molar-refractivity contribution in [1.82, 2.24) is 0 Å². The van der Waals surface area contributed by atoms with Gasteiger partial charge in [-0.2, -0.15) is 0 Å². The smallest absolute Gasteiger partial charge is 0.233 e. The highest BCUT2D eigenvalue weighted by Crippen LogP contribution is 2.64. The van der Waals surface area contributed by atoms with Crippen LogP contribution in [-0.4, -0.2) is 16.1 Å². The molecule has 1 atom stereocenters. The number of rotatable bonds is 2. The van der Waals surface area contributed by atoms with Gasteiger partial charge in [0.15, 0.2) is 0 Å². The van der Waals surface area contributed by atoms with E-state index in [2.05, 4.69) is 10.6 Å². The molecule has 100 valence electrons. The van der Waals surface area contributed by atoms with E-state index in [4.69, 9.17) is 23.2 Å². The van der Waals surface area contributed by atoms with E-state index < -0.39 is 9.75 Å². The van der Waals surface area contributed by atoms with Crippen molar-refractivity contribution in [2.45, 2.75) is 24.1 Å². The van der Waals surface area contributed by atoms with Gasteiger partial charge in [-0.1, -0.05) is 0 Å². The molecule has 1 fully saturated rings. The van der Waals surface area contributed by atoms with E-state index in [1.54, 1.807) is 25.1 Å². The van der Waals surface area contributed by atoms with Crippen molar-refractivity contribution in [1.29, 1.82) is 0 Å². The van der Waals surface area contributed by atoms with Gasteiger partial charge in [-0.3, -0.25) is 9.59 Å². The topological polar surface area (TPSA) is 58.2 Å². The summed E-state index contributed by atoms with van der Waals surface area (Å²) in [7, 11) is 0. The Morgan fingerprint density at radius 2 is 2.11 bits per heavy atom. The van der Waals surface area contributed by atoms with Crippen LogP contribution in [0.15, 0.2) is 18.2 Å². The quantitative estimate of drug-likeness (QED) is 0.825. The van der Waals surface area contributed by atoms with Crippen molar-refractivity contribution in [2.24, 2.45) is 5.41 Å². The number of carbonyl (C=O) groups is 2. The number of anilines is 2. The second-order valence-corrected chi connectivity index (χ2v) is 6.75. The molecule has 3 rings (SSSR count). The molecule has 0 aromatic heterocycles. The first kappa shape index (κ1) is 12.8. The van der Waals surface area contributed by atoms with Crippen LogP contribution >= 0.6 is 23.2 Å². The molecule has 19 heavy (non-hydrogen) atoms. The van der Waals surface area contributed by atoms with Crippen molar-refractivity contribution in [3.63, 3.8) is 0 Å². The minimum Gasteiger partial charge on any atom is -0.326 e. The molecule has 1 aromatic rings. The van der Waals surface area contributed by atoms with E-state index in [-0.39, 0.29) is 11.8 Å². The maximum absolute atomic E-state index is 12.1. The molecule has 1 aliphatic carbocycles. The van der Waals surface area contributed by atoms with Gasteiger partial charge in [-0.25, -0.2) is 0 Å². The van der Waals surface area contributed by atoms with Crippen LogP contribution in [0, 0.1) is 5.41 Å². The standard InChI is InChI=1S/C13H12Cl2N2O2/c1-12(6-13(12,14)15)11(19)16-8-2-3-9-7(4-8)5-10(18)17-9/h2-4H,5-6H2,1H3,(H,16,19)(H,17,18). The molecular weight excluding hydrogens is 287 g/mol. The van der Waals surface area contributed by atoms with E-state index in [9.17, 15) is 9.59 Å². The van der Waals surface area contributed by atoms with Gasteiger partial charge in [0.25, 0.3) is 0 Å². The lowest BCUT2D eigenvalue weighted by atomic mass is 10.1. The Labute approximate surface area is 120 Å². The van der Waals surface area contributed by atoms with Crippen molar-refractivity contribution < 1.29 is 9.59 Å². The summed E-state index contributed by atoms with van der Waals surface area (Å²) >= 11 is 11.9. The Kier molecular flexibility index (Phi) is 2.60. The number of amides is 2. The lowest BCUT2D eigenvalue weighted by Gasteiger charge is -2.13. The third-order valence-corrected chi connectivity index (χ3v) is 4.85. The number of halogens is 2. The lowest BCUT2D eigenvalue weighted by Crippen LogP contribution is -2.25. The molecule has 2 amide bonds. The zero-order chi connectivity index (χ0) is 13.8. The van der Waals surface area contributed by atoms with E-state index in [1.807, 2.05) is 0 Å². The average Bonchev–Trinajstić information content (AvgIpc) is 2.66. The molecule has 2 aliphatic rings. The van der Waals surface area contributed by atoms with Gasteiger partial charge in [0.1, 0.15) is 4.33 Å². The van der Waals surface area contributed by atoms with Gasteiger partial charge in [-0.15, -0.1) is 23.2 Å². The summed E-state index contributed by atoms with van der Waals surface area (Å²) in [6, 6.07) is 5.32. The first-order valence-electron chi connectivity index (χ1n) is 5.94. The minimum absolute atomic E-state index is 0.0341. The number of nitrogens with one attached hydrogen (secondary N) is 2. The summed E-state index contributed by atoms with van der Waals surface area (Å²) < 4.78 is -0.981. The van der Waals surface area contributed by atoms with Crippen molar-refractivity contribution in [3.8, 4) is 0 Å². The molecule has 0 spiro atoms. The molecule has 6 heteroatoms. The highest BCUT2D eigenvalue weighted by Gasteiger charge is 2.67. The summed E-state index contributed by atoms with van der Waals surface area (Å²) in [5.41, 5.74) is 1.58. The van der Waals surface area contributed by atoms with Gasteiger partial charge in [0.2, 0.25) is 11.8 Å². The van der Waals surface area contributed by atoms with E-state index in [1.165, 1.54) is 0 Å². The first-order valence-corrected chi connectivity index (χ1v) is 6.69. The monoisotopic (exact) mass is 298 g/mol. The summed E-state index contributed by atoms with van der Waals surface area (Å²) in [6.45, 7) is 1.74. The Morgan fingerprint density at radius 1 is 1.42 bits per heavy atom. The summed E-state index contributed by atoms with van der Waals surface area (Å²) in [5, 5.41) is 5.54. The summed E-state index contributed by atoms with van der Waals surface area (Å²) in [5.74, 6) is -0.233. The summed E-state index contributed by atoms with van der Waals surface area (Å²) in [6.07, 6.45) is 0.783. The largest absolute Gasteiger partial charge is 0.326 e. The zero-order valence-corrected chi connectivity index (χ0v) is 11.7. The molecule has 1 aromatic carbocycles. The first-order chi connectivity index (χ1) is 8.82. The molecule has 1 unspecified atom stereocenters. The van der Waals surface area contributed by atoms with Crippen LogP contribution in [0.25, 0.3) is 0 Å². The molecule has 1 heterocycles. The number of benzene rings is 1. The van der Waals surface area contributed by atoms with Crippen LogP contribution in [0.3, 0.4) is 0 Å². The van der Waals surface area contributed by atoms with Crippen LogP contribution in [0.1, 0.15) is 18.9 Å². The van der Waals surface area contributed by atoms with Crippen LogP contribution < -0.4 is 10.6 Å². The molecule has 1 aliphatic heterocycles. The molecule has 0 bridgehead atoms. The average molecular weight is 299 g/mol. The van der Waals surface area contributed by atoms with Crippen molar-refractivity contribution in [3.05, 3.63) is 23.8 Å². The number of fused-ring (bicyclic) bond motifs is 1. The Balaban J connectivity index is 1.77. The predicted molar refractivity (Wildman–Crippen MR) is 74.6 cm³/mol. The van der Waals surface area contributed by atoms with Crippen LogP contribution in [-0.2, 0) is 16.0 Å². The van der Waals surface area contributed by atoms with Crippen LogP contribution in [0.5, 0.6) is 0 Å². The van der Waals surface area contributed by atoms with Crippen LogP contribution in [0.4, 0.5) is 11.4 Å². The Bertz CT molecular complexity index is 600. The van der Waals surface area contributed by atoms with Gasteiger partial charge < -0.3 is 10.6 Å². The number of hydrogen-bond acceptors (Lipinski definition) is 2. The lowest BCUT2D eigenvalue weighted by molar-refractivity contribution is -0.120.